The molecule has 0 spiro atoms. The first kappa shape index (κ1) is 15.1. The number of nitrogens with one attached hydrogen (secondary N) is 1. The summed E-state index contributed by atoms with van der Waals surface area (Å²) >= 11 is 0. The molecule has 102 valence electrons. The largest absolute Gasteiger partial charge is 0.377 e. The van der Waals surface area contributed by atoms with Crippen LogP contribution in [0.5, 0.6) is 0 Å². The van der Waals surface area contributed by atoms with Gasteiger partial charge in [-0.15, -0.1) is 0 Å². The zero-order valence-corrected chi connectivity index (χ0v) is 12.0. The third-order valence-corrected chi connectivity index (χ3v) is 3.28. The van der Waals surface area contributed by atoms with Crippen LogP contribution in [0.2, 0.25) is 0 Å². The highest BCUT2D eigenvalue weighted by Gasteiger charge is 2.32. The summed E-state index contributed by atoms with van der Waals surface area (Å²) in [4.78, 5) is 0. The Bertz CT molecular complexity index is 390. The number of benzene rings is 1. The van der Waals surface area contributed by atoms with Crippen molar-refractivity contribution in [3.05, 3.63) is 35.1 Å². The van der Waals surface area contributed by atoms with Gasteiger partial charge in [0.15, 0.2) is 0 Å². The average Bonchev–Trinajstić information content (AvgIpc) is 2.33. The SMILES string of the molecule is CCCNC(c1cc(C)ccc1F)C(C)(C)OC. The van der Waals surface area contributed by atoms with Crippen LogP contribution in [0.25, 0.3) is 0 Å². The minimum Gasteiger partial charge on any atom is -0.377 e. The molecular formula is C15H24FNO. The van der Waals surface area contributed by atoms with E-state index in [1.807, 2.05) is 26.8 Å². The maximum atomic E-state index is 14.0. The molecule has 0 aliphatic heterocycles. The van der Waals surface area contributed by atoms with E-state index in [-0.39, 0.29) is 11.9 Å². The Balaban J connectivity index is 3.12. The van der Waals surface area contributed by atoms with E-state index in [4.69, 9.17) is 4.74 Å². The van der Waals surface area contributed by atoms with Crippen molar-refractivity contribution in [1.82, 2.24) is 5.32 Å². The molecule has 3 heteroatoms. The number of halogens is 1. The summed E-state index contributed by atoms with van der Waals surface area (Å²) < 4.78 is 19.5. The molecule has 1 aromatic rings. The van der Waals surface area contributed by atoms with Gasteiger partial charge in [-0.05, 0) is 39.8 Å². The van der Waals surface area contributed by atoms with Crippen molar-refractivity contribution in [2.45, 2.75) is 45.8 Å². The summed E-state index contributed by atoms with van der Waals surface area (Å²) in [7, 11) is 1.66. The Hall–Kier alpha value is -0.930. The zero-order valence-electron chi connectivity index (χ0n) is 12.0. The van der Waals surface area contributed by atoms with Crippen LogP contribution in [0.4, 0.5) is 4.39 Å². The maximum Gasteiger partial charge on any atom is 0.128 e. The second-order valence-corrected chi connectivity index (χ2v) is 5.22. The number of ether oxygens (including phenoxy) is 1. The van der Waals surface area contributed by atoms with E-state index >= 15 is 0 Å². The second-order valence-electron chi connectivity index (χ2n) is 5.22. The normalized spacial score (nSPS) is 13.7. The van der Waals surface area contributed by atoms with E-state index in [0.717, 1.165) is 18.5 Å². The number of methoxy groups -OCH3 is 1. The highest BCUT2D eigenvalue weighted by molar-refractivity contribution is 5.28. The molecule has 1 rings (SSSR count). The highest BCUT2D eigenvalue weighted by atomic mass is 19.1. The predicted octanol–water partition coefficient (Wildman–Crippen LogP) is 3.60. The van der Waals surface area contributed by atoms with Crippen LogP contribution in [0.15, 0.2) is 18.2 Å². The number of hydrogen-bond acceptors (Lipinski definition) is 2. The molecule has 0 fully saturated rings. The van der Waals surface area contributed by atoms with Crippen LogP contribution < -0.4 is 5.32 Å². The summed E-state index contributed by atoms with van der Waals surface area (Å²) in [5.74, 6) is -0.181. The molecule has 0 aromatic heterocycles. The Labute approximate surface area is 110 Å². The molecule has 1 N–H and O–H groups in total. The van der Waals surface area contributed by atoms with E-state index < -0.39 is 5.60 Å². The molecule has 1 unspecified atom stereocenters. The van der Waals surface area contributed by atoms with Crippen LogP contribution in [0.3, 0.4) is 0 Å². The molecule has 0 bridgehead atoms. The summed E-state index contributed by atoms with van der Waals surface area (Å²) in [5.41, 5.74) is 1.28. The zero-order chi connectivity index (χ0) is 13.8. The molecular weight excluding hydrogens is 229 g/mol. The molecule has 0 aliphatic carbocycles. The van der Waals surface area contributed by atoms with E-state index in [1.54, 1.807) is 13.2 Å². The summed E-state index contributed by atoms with van der Waals surface area (Å²) in [6.45, 7) is 8.85. The smallest absolute Gasteiger partial charge is 0.128 e. The second kappa shape index (κ2) is 6.30. The van der Waals surface area contributed by atoms with E-state index in [2.05, 4.69) is 12.2 Å². The third-order valence-electron chi connectivity index (χ3n) is 3.28. The summed E-state index contributed by atoms with van der Waals surface area (Å²) in [6, 6.07) is 5.05. The lowest BCUT2D eigenvalue weighted by Gasteiger charge is -2.34. The molecule has 1 aromatic carbocycles. The van der Waals surface area contributed by atoms with Gasteiger partial charge in [-0.2, -0.15) is 0 Å². The first-order chi connectivity index (χ1) is 8.42. The van der Waals surface area contributed by atoms with Crippen LogP contribution in [-0.2, 0) is 4.74 Å². The molecule has 1 atom stereocenters. The van der Waals surface area contributed by atoms with E-state index in [9.17, 15) is 4.39 Å². The van der Waals surface area contributed by atoms with Crippen molar-refractivity contribution in [2.75, 3.05) is 13.7 Å². The molecule has 0 radical (unpaired) electrons. The topological polar surface area (TPSA) is 21.3 Å². The molecule has 0 saturated heterocycles. The van der Waals surface area contributed by atoms with Crippen LogP contribution in [-0.4, -0.2) is 19.3 Å². The van der Waals surface area contributed by atoms with Gasteiger partial charge < -0.3 is 10.1 Å². The Morgan fingerprint density at radius 3 is 2.61 bits per heavy atom. The van der Waals surface area contributed by atoms with Crippen molar-refractivity contribution in [3.8, 4) is 0 Å². The van der Waals surface area contributed by atoms with E-state index in [0.29, 0.717) is 5.56 Å². The van der Waals surface area contributed by atoms with Crippen molar-refractivity contribution < 1.29 is 9.13 Å². The molecule has 0 heterocycles. The number of rotatable bonds is 6. The molecule has 0 amide bonds. The van der Waals surface area contributed by atoms with Crippen molar-refractivity contribution in [1.29, 1.82) is 0 Å². The fourth-order valence-electron chi connectivity index (χ4n) is 2.02. The van der Waals surface area contributed by atoms with Gasteiger partial charge in [0.2, 0.25) is 0 Å². The lowest BCUT2D eigenvalue weighted by Crippen LogP contribution is -2.41. The lowest BCUT2D eigenvalue weighted by atomic mass is 9.90. The fourth-order valence-corrected chi connectivity index (χ4v) is 2.02. The minimum atomic E-state index is -0.455. The van der Waals surface area contributed by atoms with Crippen molar-refractivity contribution in [2.24, 2.45) is 0 Å². The van der Waals surface area contributed by atoms with Crippen LogP contribution >= 0.6 is 0 Å². The average molecular weight is 253 g/mol. The predicted molar refractivity (Wildman–Crippen MR) is 73.3 cm³/mol. The Morgan fingerprint density at radius 2 is 2.06 bits per heavy atom. The molecule has 2 nitrogen and oxygen atoms in total. The quantitative estimate of drug-likeness (QED) is 0.836. The number of hydrogen-bond donors (Lipinski definition) is 1. The fraction of sp³-hybridized carbons (Fsp3) is 0.600. The van der Waals surface area contributed by atoms with Gasteiger partial charge in [0.1, 0.15) is 5.82 Å². The maximum absolute atomic E-state index is 14.0. The van der Waals surface area contributed by atoms with Gasteiger partial charge in [-0.1, -0.05) is 24.6 Å². The first-order valence-electron chi connectivity index (χ1n) is 6.47. The number of aryl methyl sites for hydroxylation is 1. The van der Waals surface area contributed by atoms with Gasteiger partial charge in [-0.25, -0.2) is 4.39 Å². The van der Waals surface area contributed by atoms with Gasteiger partial charge in [0, 0.05) is 12.7 Å². The molecule has 0 aliphatic rings. The summed E-state index contributed by atoms with van der Waals surface area (Å²) in [6.07, 6.45) is 1.00. The Kier molecular flexibility index (Phi) is 5.29. The summed E-state index contributed by atoms with van der Waals surface area (Å²) in [5, 5.41) is 3.38. The van der Waals surface area contributed by atoms with Gasteiger partial charge >= 0.3 is 0 Å². The minimum absolute atomic E-state index is 0.151. The van der Waals surface area contributed by atoms with Crippen LogP contribution in [0.1, 0.15) is 44.4 Å². The molecule has 0 saturated carbocycles. The van der Waals surface area contributed by atoms with Crippen molar-refractivity contribution >= 4 is 0 Å². The van der Waals surface area contributed by atoms with Crippen molar-refractivity contribution in [3.63, 3.8) is 0 Å². The third kappa shape index (κ3) is 3.53. The monoisotopic (exact) mass is 253 g/mol. The van der Waals surface area contributed by atoms with E-state index in [1.165, 1.54) is 6.07 Å². The highest BCUT2D eigenvalue weighted by Crippen LogP contribution is 2.30. The standard InChI is InChI=1S/C15H24FNO/c1-6-9-17-14(15(3,4)18-5)12-10-11(2)7-8-13(12)16/h7-8,10,14,17H,6,9H2,1-5H3. The van der Waals surface area contributed by atoms with Crippen LogP contribution in [0, 0.1) is 12.7 Å². The van der Waals surface area contributed by atoms with Gasteiger partial charge in [0.05, 0.1) is 11.6 Å². The molecule has 18 heavy (non-hydrogen) atoms. The lowest BCUT2D eigenvalue weighted by molar-refractivity contribution is -0.0120. The first-order valence-corrected chi connectivity index (χ1v) is 6.47. The Morgan fingerprint density at radius 1 is 1.39 bits per heavy atom. The van der Waals surface area contributed by atoms with Gasteiger partial charge in [0.25, 0.3) is 0 Å². The van der Waals surface area contributed by atoms with Gasteiger partial charge in [-0.3, -0.25) is 0 Å².